The van der Waals surface area contributed by atoms with Crippen molar-refractivity contribution in [1.29, 1.82) is 0 Å². The highest BCUT2D eigenvalue weighted by molar-refractivity contribution is 7.99. The Morgan fingerprint density at radius 1 is 1.19 bits per heavy atom. The third-order valence-electron chi connectivity index (χ3n) is 6.39. The average Bonchev–Trinajstić information content (AvgIpc) is 3.16. The Hall–Kier alpha value is -1.94. The summed E-state index contributed by atoms with van der Waals surface area (Å²) in [5.74, 6) is 0.355. The highest BCUT2D eigenvalue weighted by Gasteiger charge is 2.39. The second-order valence-corrected chi connectivity index (χ2v) is 9.67. The topological polar surface area (TPSA) is 77.0 Å². The standard InChI is InChI=1S/C20H23ClF3N5OS/c1-28-17(30)14(31-12-4-9-26-15(21)13(12)20(22,23)24)16(25)27-18(28)29-10-7-19(8-11-29)5-2-3-6-19/h4,9H,2-3,5-8,10-11,25H2,1H3. The molecular formula is C20H23ClF3N5OS. The van der Waals surface area contributed by atoms with Crippen LogP contribution in [0.1, 0.15) is 44.1 Å². The Kier molecular flexibility index (Phi) is 5.89. The van der Waals surface area contributed by atoms with Gasteiger partial charge in [-0.15, -0.1) is 0 Å². The fourth-order valence-electron chi connectivity index (χ4n) is 4.64. The van der Waals surface area contributed by atoms with Crippen LogP contribution >= 0.6 is 23.4 Å². The summed E-state index contributed by atoms with van der Waals surface area (Å²) in [6.07, 6.45) is 3.58. The third kappa shape index (κ3) is 4.24. The summed E-state index contributed by atoms with van der Waals surface area (Å²) in [7, 11) is 1.57. The minimum atomic E-state index is -4.72. The molecule has 168 valence electrons. The minimum Gasteiger partial charge on any atom is -0.382 e. The number of nitrogen functional groups attached to an aromatic ring is 1. The second-order valence-electron chi connectivity index (χ2n) is 8.26. The fraction of sp³-hybridized carbons (Fsp3) is 0.550. The molecule has 11 heteroatoms. The van der Waals surface area contributed by atoms with Crippen LogP contribution in [0, 0.1) is 5.41 Å². The molecule has 4 rings (SSSR count). The van der Waals surface area contributed by atoms with Crippen molar-refractivity contribution in [2.75, 3.05) is 23.7 Å². The highest BCUT2D eigenvalue weighted by Crippen LogP contribution is 2.47. The number of pyridine rings is 1. The first-order valence-corrected chi connectivity index (χ1v) is 11.3. The van der Waals surface area contributed by atoms with E-state index in [-0.39, 0.29) is 15.6 Å². The lowest BCUT2D eigenvalue weighted by Gasteiger charge is -2.40. The maximum absolute atomic E-state index is 13.5. The molecule has 31 heavy (non-hydrogen) atoms. The van der Waals surface area contributed by atoms with Crippen molar-refractivity contribution >= 4 is 35.1 Å². The van der Waals surface area contributed by atoms with Gasteiger partial charge >= 0.3 is 6.18 Å². The van der Waals surface area contributed by atoms with Gasteiger partial charge in [0.25, 0.3) is 5.56 Å². The van der Waals surface area contributed by atoms with E-state index in [1.54, 1.807) is 7.05 Å². The number of anilines is 2. The van der Waals surface area contributed by atoms with Crippen molar-refractivity contribution in [2.45, 2.75) is 54.5 Å². The Morgan fingerprint density at radius 3 is 2.45 bits per heavy atom. The van der Waals surface area contributed by atoms with E-state index in [9.17, 15) is 18.0 Å². The molecule has 2 aromatic heterocycles. The van der Waals surface area contributed by atoms with Gasteiger partial charge in [-0.05, 0) is 37.2 Å². The van der Waals surface area contributed by atoms with Crippen LogP contribution in [-0.4, -0.2) is 27.6 Å². The van der Waals surface area contributed by atoms with Crippen LogP contribution in [0.2, 0.25) is 5.15 Å². The third-order valence-corrected chi connectivity index (χ3v) is 7.82. The molecule has 1 spiro atoms. The lowest BCUT2D eigenvalue weighted by Crippen LogP contribution is -2.42. The van der Waals surface area contributed by atoms with Gasteiger partial charge in [-0.3, -0.25) is 9.36 Å². The van der Waals surface area contributed by atoms with Crippen molar-refractivity contribution in [3.63, 3.8) is 0 Å². The maximum atomic E-state index is 13.5. The molecule has 2 fully saturated rings. The fourth-order valence-corrected chi connectivity index (χ4v) is 6.00. The number of halogens is 4. The molecule has 0 unspecified atom stereocenters. The van der Waals surface area contributed by atoms with Gasteiger partial charge in [0, 0.05) is 31.2 Å². The van der Waals surface area contributed by atoms with Gasteiger partial charge in [0.05, 0.1) is 0 Å². The molecule has 2 aliphatic rings. The molecule has 1 aliphatic heterocycles. The number of nitrogens with zero attached hydrogens (tertiary/aromatic N) is 4. The zero-order valence-corrected chi connectivity index (χ0v) is 18.6. The van der Waals surface area contributed by atoms with Crippen LogP contribution in [0.25, 0.3) is 0 Å². The van der Waals surface area contributed by atoms with E-state index < -0.39 is 22.5 Å². The van der Waals surface area contributed by atoms with E-state index >= 15 is 0 Å². The molecule has 1 saturated heterocycles. The molecule has 2 aromatic rings. The number of aromatic nitrogens is 3. The predicted molar refractivity (Wildman–Crippen MR) is 115 cm³/mol. The van der Waals surface area contributed by atoms with Crippen LogP contribution in [0.3, 0.4) is 0 Å². The van der Waals surface area contributed by atoms with Crippen molar-refractivity contribution in [1.82, 2.24) is 14.5 Å². The molecule has 2 N–H and O–H groups in total. The predicted octanol–water partition coefficient (Wildman–Crippen LogP) is 4.74. The van der Waals surface area contributed by atoms with Crippen molar-refractivity contribution in [3.8, 4) is 0 Å². The highest BCUT2D eigenvalue weighted by atomic mass is 35.5. The first kappa shape index (κ1) is 22.3. The normalized spacial score (nSPS) is 18.7. The minimum absolute atomic E-state index is 0.0664. The second kappa shape index (κ2) is 8.20. The van der Waals surface area contributed by atoms with Crippen LogP contribution < -0.4 is 16.2 Å². The maximum Gasteiger partial charge on any atom is 0.420 e. The number of nitrogens with two attached hydrogens (primary N) is 1. The van der Waals surface area contributed by atoms with Gasteiger partial charge in [0.15, 0.2) is 0 Å². The number of rotatable bonds is 3. The summed E-state index contributed by atoms with van der Waals surface area (Å²) in [6, 6.07) is 1.16. The summed E-state index contributed by atoms with van der Waals surface area (Å²) >= 11 is 6.30. The van der Waals surface area contributed by atoms with Crippen molar-refractivity contribution in [2.24, 2.45) is 12.5 Å². The van der Waals surface area contributed by atoms with E-state index in [0.717, 1.165) is 38.2 Å². The Balaban J connectivity index is 1.63. The van der Waals surface area contributed by atoms with Crippen LogP contribution in [-0.2, 0) is 13.2 Å². The molecule has 0 aromatic carbocycles. The van der Waals surface area contributed by atoms with E-state index in [0.29, 0.717) is 23.1 Å². The molecule has 3 heterocycles. The number of hydrogen-bond donors (Lipinski definition) is 1. The van der Waals surface area contributed by atoms with E-state index in [1.807, 2.05) is 4.90 Å². The Bertz CT molecular complexity index is 1040. The van der Waals surface area contributed by atoms with Gasteiger partial charge in [-0.25, -0.2) is 4.98 Å². The summed E-state index contributed by atoms with van der Waals surface area (Å²) < 4.78 is 41.7. The molecule has 1 saturated carbocycles. The van der Waals surface area contributed by atoms with Gasteiger partial charge < -0.3 is 10.6 Å². The first-order chi connectivity index (χ1) is 14.6. The molecule has 0 radical (unpaired) electrons. The molecule has 0 atom stereocenters. The summed E-state index contributed by atoms with van der Waals surface area (Å²) in [6.45, 7) is 1.56. The Labute approximate surface area is 187 Å². The van der Waals surface area contributed by atoms with E-state index in [2.05, 4.69) is 9.97 Å². The van der Waals surface area contributed by atoms with Crippen molar-refractivity contribution in [3.05, 3.63) is 33.3 Å². The molecule has 0 amide bonds. The van der Waals surface area contributed by atoms with Crippen LogP contribution in [0.5, 0.6) is 0 Å². The quantitative estimate of drug-likeness (QED) is 0.649. The van der Waals surface area contributed by atoms with E-state index in [1.165, 1.54) is 30.3 Å². The molecular weight excluding hydrogens is 451 g/mol. The summed E-state index contributed by atoms with van der Waals surface area (Å²) in [5, 5.41) is -0.674. The smallest absolute Gasteiger partial charge is 0.382 e. The SMILES string of the molecule is Cn1c(N2CCC3(CCCC3)CC2)nc(N)c(Sc2ccnc(Cl)c2C(F)(F)F)c1=O. The van der Waals surface area contributed by atoms with E-state index in [4.69, 9.17) is 17.3 Å². The largest absolute Gasteiger partial charge is 0.420 e. The van der Waals surface area contributed by atoms with Gasteiger partial charge in [-0.2, -0.15) is 18.2 Å². The molecule has 6 nitrogen and oxygen atoms in total. The first-order valence-electron chi connectivity index (χ1n) is 10.1. The summed E-state index contributed by atoms with van der Waals surface area (Å²) in [4.78, 5) is 22.7. The van der Waals surface area contributed by atoms with Gasteiger partial charge in [-0.1, -0.05) is 36.2 Å². The molecule has 0 bridgehead atoms. The monoisotopic (exact) mass is 473 g/mol. The van der Waals surface area contributed by atoms with Crippen LogP contribution in [0.4, 0.5) is 24.9 Å². The number of piperidine rings is 1. The number of hydrogen-bond acceptors (Lipinski definition) is 6. The van der Waals surface area contributed by atoms with Gasteiger partial charge in [0.1, 0.15) is 21.4 Å². The number of alkyl halides is 3. The zero-order valence-electron chi connectivity index (χ0n) is 17.0. The summed E-state index contributed by atoms with van der Waals surface area (Å²) in [5.41, 5.74) is 4.88. The zero-order chi connectivity index (χ0) is 22.4. The molecule has 1 aliphatic carbocycles. The lowest BCUT2D eigenvalue weighted by molar-refractivity contribution is -0.139. The lowest BCUT2D eigenvalue weighted by atomic mass is 9.77. The van der Waals surface area contributed by atoms with Gasteiger partial charge in [0.2, 0.25) is 5.95 Å². The Morgan fingerprint density at radius 2 is 1.84 bits per heavy atom. The van der Waals surface area contributed by atoms with Crippen molar-refractivity contribution < 1.29 is 13.2 Å². The average molecular weight is 474 g/mol. The van der Waals surface area contributed by atoms with Crippen LogP contribution in [0.15, 0.2) is 26.8 Å².